The summed E-state index contributed by atoms with van der Waals surface area (Å²) in [7, 11) is 1.55. The molecule has 32 heavy (non-hydrogen) atoms. The van der Waals surface area contributed by atoms with Gasteiger partial charge in [0.25, 0.3) is 5.91 Å². The second-order valence-corrected chi connectivity index (χ2v) is 8.37. The first-order valence-electron chi connectivity index (χ1n) is 9.80. The summed E-state index contributed by atoms with van der Waals surface area (Å²) in [5.41, 5.74) is 1.77. The van der Waals surface area contributed by atoms with E-state index in [2.05, 4.69) is 0 Å². The first kappa shape index (κ1) is 21.9. The number of carbonyl (C=O) groups is 2. The molecule has 0 bridgehead atoms. The summed E-state index contributed by atoms with van der Waals surface area (Å²) < 4.78 is 16.8. The Balaban J connectivity index is 1.59. The molecule has 1 fully saturated rings. The van der Waals surface area contributed by atoms with Gasteiger partial charge in [0.15, 0.2) is 4.32 Å². The van der Waals surface area contributed by atoms with Crippen LogP contribution in [0.3, 0.4) is 0 Å². The van der Waals surface area contributed by atoms with Crippen molar-refractivity contribution in [3.8, 4) is 17.1 Å². The van der Waals surface area contributed by atoms with Gasteiger partial charge in [0.1, 0.15) is 17.3 Å². The van der Waals surface area contributed by atoms with Gasteiger partial charge in [0, 0.05) is 11.6 Å². The van der Waals surface area contributed by atoms with E-state index in [0.29, 0.717) is 44.4 Å². The Morgan fingerprint density at radius 3 is 2.75 bits per heavy atom. The third kappa shape index (κ3) is 4.32. The smallest absolute Gasteiger partial charge is 0.338 e. The van der Waals surface area contributed by atoms with Crippen molar-refractivity contribution >= 4 is 51.9 Å². The average molecular weight is 466 g/mol. The number of carbonyl (C=O) groups excluding carboxylic acids is 2. The Kier molecular flexibility index (Phi) is 6.43. The average Bonchev–Trinajstić information content (AvgIpc) is 3.38. The maximum absolute atomic E-state index is 13.0. The lowest BCUT2D eigenvalue weighted by Gasteiger charge is -2.17. The van der Waals surface area contributed by atoms with Crippen molar-refractivity contribution in [2.45, 2.75) is 6.92 Å². The van der Waals surface area contributed by atoms with Gasteiger partial charge in [-0.05, 0) is 43.3 Å². The quantitative estimate of drug-likeness (QED) is 0.269. The van der Waals surface area contributed by atoms with Crippen LogP contribution in [0, 0.1) is 0 Å². The Morgan fingerprint density at radius 2 is 1.97 bits per heavy atom. The normalized spacial score (nSPS) is 14.8. The van der Waals surface area contributed by atoms with Crippen LogP contribution >= 0.6 is 24.0 Å². The summed E-state index contributed by atoms with van der Waals surface area (Å²) in [5.74, 6) is 1.00. The molecule has 0 atom stereocenters. The standard InChI is InChI=1S/C24H19NO5S2/c1-3-29-23(27)16-8-6-7-15(13-16)19-12-11-17(30-19)14-21-22(26)25(24(31)32-21)18-9-4-5-10-20(18)28-2/h4-14H,3H2,1-2H3. The lowest BCUT2D eigenvalue weighted by Crippen LogP contribution is -2.27. The highest BCUT2D eigenvalue weighted by atomic mass is 32.2. The van der Waals surface area contributed by atoms with Crippen molar-refractivity contribution in [2.75, 3.05) is 18.6 Å². The fourth-order valence-corrected chi connectivity index (χ4v) is 4.48. The zero-order chi connectivity index (χ0) is 22.7. The summed E-state index contributed by atoms with van der Waals surface area (Å²) in [6.07, 6.45) is 1.66. The van der Waals surface area contributed by atoms with Crippen LogP contribution < -0.4 is 9.64 Å². The third-order valence-corrected chi connectivity index (χ3v) is 5.98. The lowest BCUT2D eigenvalue weighted by molar-refractivity contribution is -0.113. The summed E-state index contributed by atoms with van der Waals surface area (Å²) in [4.78, 5) is 26.9. The van der Waals surface area contributed by atoms with Gasteiger partial charge in [0.2, 0.25) is 0 Å². The Labute approximate surface area is 194 Å². The van der Waals surface area contributed by atoms with Crippen molar-refractivity contribution < 1.29 is 23.5 Å². The molecular weight excluding hydrogens is 446 g/mol. The van der Waals surface area contributed by atoms with Gasteiger partial charge in [-0.25, -0.2) is 4.79 Å². The van der Waals surface area contributed by atoms with Gasteiger partial charge in [-0.2, -0.15) is 0 Å². The number of rotatable bonds is 6. The van der Waals surface area contributed by atoms with Crippen LogP contribution in [-0.2, 0) is 9.53 Å². The van der Waals surface area contributed by atoms with E-state index in [1.807, 2.05) is 18.2 Å². The molecule has 0 aliphatic carbocycles. The predicted octanol–water partition coefficient (Wildman–Crippen LogP) is 5.54. The highest BCUT2D eigenvalue weighted by molar-refractivity contribution is 8.27. The van der Waals surface area contributed by atoms with E-state index in [0.717, 1.165) is 5.56 Å². The summed E-state index contributed by atoms with van der Waals surface area (Å²) in [6, 6.07) is 17.8. The minimum absolute atomic E-state index is 0.244. The van der Waals surface area contributed by atoms with Crippen molar-refractivity contribution in [1.82, 2.24) is 0 Å². The zero-order valence-corrected chi connectivity index (χ0v) is 19.0. The van der Waals surface area contributed by atoms with Crippen LogP contribution in [0.2, 0.25) is 0 Å². The number of benzene rings is 2. The zero-order valence-electron chi connectivity index (χ0n) is 17.4. The van der Waals surface area contributed by atoms with Crippen LogP contribution in [0.4, 0.5) is 5.69 Å². The number of ether oxygens (including phenoxy) is 2. The van der Waals surface area contributed by atoms with Gasteiger partial charge >= 0.3 is 5.97 Å². The molecule has 1 aliphatic rings. The molecule has 0 spiro atoms. The van der Waals surface area contributed by atoms with E-state index in [1.165, 1.54) is 16.7 Å². The van der Waals surface area contributed by atoms with Crippen LogP contribution in [-0.4, -0.2) is 29.9 Å². The summed E-state index contributed by atoms with van der Waals surface area (Å²) in [6.45, 7) is 2.07. The molecule has 2 heterocycles. The molecule has 0 radical (unpaired) electrons. The van der Waals surface area contributed by atoms with E-state index in [1.54, 1.807) is 62.6 Å². The van der Waals surface area contributed by atoms with E-state index in [4.69, 9.17) is 26.1 Å². The van der Waals surface area contributed by atoms with E-state index >= 15 is 0 Å². The lowest BCUT2D eigenvalue weighted by atomic mass is 10.1. The van der Waals surface area contributed by atoms with Crippen LogP contribution in [0.5, 0.6) is 5.75 Å². The van der Waals surface area contributed by atoms with Gasteiger partial charge in [0.05, 0.1) is 29.9 Å². The maximum atomic E-state index is 13.0. The predicted molar refractivity (Wildman–Crippen MR) is 129 cm³/mol. The minimum atomic E-state index is -0.388. The van der Waals surface area contributed by atoms with Gasteiger partial charge in [-0.3, -0.25) is 9.69 Å². The number of esters is 1. The van der Waals surface area contributed by atoms with Crippen molar-refractivity contribution in [2.24, 2.45) is 0 Å². The highest BCUT2D eigenvalue weighted by Crippen LogP contribution is 2.40. The molecule has 1 aliphatic heterocycles. The van der Waals surface area contributed by atoms with E-state index in [-0.39, 0.29) is 11.9 Å². The highest BCUT2D eigenvalue weighted by Gasteiger charge is 2.35. The van der Waals surface area contributed by atoms with Crippen LogP contribution in [0.1, 0.15) is 23.0 Å². The number of hydrogen-bond donors (Lipinski definition) is 0. The summed E-state index contributed by atoms with van der Waals surface area (Å²) >= 11 is 6.64. The number of thiocarbonyl (C=S) groups is 1. The maximum Gasteiger partial charge on any atom is 0.338 e. The summed E-state index contributed by atoms with van der Waals surface area (Å²) in [5, 5.41) is 0. The molecule has 1 aromatic heterocycles. The molecule has 0 saturated carbocycles. The Bertz CT molecular complexity index is 1230. The Morgan fingerprint density at radius 1 is 1.16 bits per heavy atom. The first-order chi connectivity index (χ1) is 15.5. The van der Waals surface area contributed by atoms with E-state index in [9.17, 15) is 9.59 Å². The third-order valence-electron chi connectivity index (χ3n) is 4.68. The number of hydrogen-bond acceptors (Lipinski definition) is 7. The van der Waals surface area contributed by atoms with Crippen LogP contribution in [0.25, 0.3) is 17.4 Å². The number of methoxy groups -OCH3 is 1. The van der Waals surface area contributed by atoms with Gasteiger partial charge in [-0.15, -0.1) is 0 Å². The number of amides is 1. The number of anilines is 1. The first-order valence-corrected chi connectivity index (χ1v) is 11.0. The molecule has 162 valence electrons. The molecule has 8 heteroatoms. The molecule has 0 unspecified atom stereocenters. The van der Waals surface area contributed by atoms with Crippen molar-refractivity contribution in [3.63, 3.8) is 0 Å². The second kappa shape index (κ2) is 9.42. The second-order valence-electron chi connectivity index (χ2n) is 6.69. The molecule has 4 rings (SSSR count). The van der Waals surface area contributed by atoms with Crippen molar-refractivity contribution in [3.05, 3.63) is 76.9 Å². The van der Waals surface area contributed by atoms with Crippen molar-refractivity contribution in [1.29, 1.82) is 0 Å². The molecule has 0 N–H and O–H groups in total. The minimum Gasteiger partial charge on any atom is -0.495 e. The van der Waals surface area contributed by atoms with Gasteiger partial charge in [-0.1, -0.05) is 48.2 Å². The monoisotopic (exact) mass is 465 g/mol. The largest absolute Gasteiger partial charge is 0.495 e. The molecule has 2 aromatic carbocycles. The Hall–Kier alpha value is -3.36. The molecule has 6 nitrogen and oxygen atoms in total. The number of thioether (sulfide) groups is 1. The fourth-order valence-electron chi connectivity index (χ4n) is 3.22. The van der Waals surface area contributed by atoms with E-state index < -0.39 is 0 Å². The molecule has 1 saturated heterocycles. The molecular formula is C24H19NO5S2. The number of furan rings is 1. The van der Waals surface area contributed by atoms with Crippen LogP contribution in [0.15, 0.2) is 70.0 Å². The van der Waals surface area contributed by atoms with Gasteiger partial charge < -0.3 is 13.9 Å². The number of para-hydroxylation sites is 2. The molecule has 1 amide bonds. The fraction of sp³-hybridized carbons (Fsp3) is 0.125. The topological polar surface area (TPSA) is 69.0 Å². The molecule has 3 aromatic rings. The SMILES string of the molecule is CCOC(=O)c1cccc(-c2ccc(C=C3SC(=S)N(c4ccccc4OC)C3=O)o2)c1. The number of nitrogens with zero attached hydrogens (tertiary/aromatic N) is 1.